The van der Waals surface area contributed by atoms with Crippen LogP contribution in [0.4, 0.5) is 0 Å². The molecule has 1 rings (SSSR count). The number of nitrogens with zero attached hydrogens (tertiary/aromatic N) is 1. The zero-order valence-electron chi connectivity index (χ0n) is 10.5. The lowest BCUT2D eigenvalue weighted by molar-refractivity contribution is -0.120. The van der Waals surface area contributed by atoms with E-state index in [9.17, 15) is 9.90 Å². The monoisotopic (exact) mass is 240 g/mol. The molecule has 1 atom stereocenters. The molecule has 1 aliphatic rings. The van der Waals surface area contributed by atoms with Gasteiger partial charge in [0, 0.05) is 12.6 Å². The number of hydrogen-bond acceptors (Lipinski definition) is 3. The van der Waals surface area contributed by atoms with Crippen molar-refractivity contribution in [3.63, 3.8) is 0 Å². The Kier molecular flexibility index (Phi) is 6.22. The molecule has 0 radical (unpaired) electrons. The largest absolute Gasteiger partial charge is 0.392 e. The molecule has 0 aromatic carbocycles. The SMILES string of the molecule is C=CCCC(O)CN(CC(N)=O)C1CCCC1. The molecule has 0 bridgehead atoms. The first-order valence-electron chi connectivity index (χ1n) is 6.44. The van der Waals surface area contributed by atoms with Crippen LogP contribution in [-0.4, -0.2) is 41.1 Å². The molecule has 0 heterocycles. The molecule has 0 aromatic heterocycles. The summed E-state index contributed by atoms with van der Waals surface area (Å²) in [4.78, 5) is 13.1. The van der Waals surface area contributed by atoms with Crippen molar-refractivity contribution in [2.45, 2.75) is 50.7 Å². The Bertz CT molecular complexity index is 250. The average molecular weight is 240 g/mol. The van der Waals surface area contributed by atoms with Crippen molar-refractivity contribution in [1.29, 1.82) is 0 Å². The number of carbonyl (C=O) groups is 1. The summed E-state index contributed by atoms with van der Waals surface area (Å²) in [6.45, 7) is 4.44. The second-order valence-electron chi connectivity index (χ2n) is 4.85. The highest BCUT2D eigenvalue weighted by Crippen LogP contribution is 2.23. The molecule has 3 N–H and O–H groups in total. The van der Waals surface area contributed by atoms with E-state index in [1.807, 2.05) is 4.90 Å². The van der Waals surface area contributed by atoms with Gasteiger partial charge >= 0.3 is 0 Å². The van der Waals surface area contributed by atoms with Crippen molar-refractivity contribution >= 4 is 5.91 Å². The molecule has 1 aliphatic carbocycles. The third-order valence-electron chi connectivity index (χ3n) is 3.35. The summed E-state index contributed by atoms with van der Waals surface area (Å²) in [5.41, 5.74) is 5.26. The first-order valence-corrected chi connectivity index (χ1v) is 6.44. The predicted molar refractivity (Wildman–Crippen MR) is 68.5 cm³/mol. The van der Waals surface area contributed by atoms with Gasteiger partial charge in [-0.3, -0.25) is 9.69 Å². The highest BCUT2D eigenvalue weighted by atomic mass is 16.3. The van der Waals surface area contributed by atoms with Crippen LogP contribution in [0, 0.1) is 0 Å². The zero-order chi connectivity index (χ0) is 12.7. The lowest BCUT2D eigenvalue weighted by Gasteiger charge is -2.29. The van der Waals surface area contributed by atoms with Gasteiger partial charge in [-0.25, -0.2) is 0 Å². The number of primary amides is 1. The van der Waals surface area contributed by atoms with E-state index in [0.29, 0.717) is 19.0 Å². The molecule has 4 heteroatoms. The van der Waals surface area contributed by atoms with Gasteiger partial charge in [-0.2, -0.15) is 0 Å². The Labute approximate surface area is 103 Å². The van der Waals surface area contributed by atoms with Gasteiger partial charge in [-0.1, -0.05) is 18.9 Å². The van der Waals surface area contributed by atoms with E-state index < -0.39 is 6.10 Å². The molecule has 1 fully saturated rings. The van der Waals surface area contributed by atoms with Crippen LogP contribution in [0.3, 0.4) is 0 Å². The maximum absolute atomic E-state index is 11.0. The molecule has 1 unspecified atom stereocenters. The van der Waals surface area contributed by atoms with E-state index in [0.717, 1.165) is 19.3 Å². The van der Waals surface area contributed by atoms with E-state index >= 15 is 0 Å². The number of aliphatic hydroxyl groups is 1. The molecular weight excluding hydrogens is 216 g/mol. The summed E-state index contributed by atoms with van der Waals surface area (Å²) in [7, 11) is 0. The van der Waals surface area contributed by atoms with Crippen molar-refractivity contribution in [1.82, 2.24) is 4.90 Å². The number of rotatable bonds is 8. The third-order valence-corrected chi connectivity index (χ3v) is 3.35. The molecule has 17 heavy (non-hydrogen) atoms. The highest BCUT2D eigenvalue weighted by Gasteiger charge is 2.25. The van der Waals surface area contributed by atoms with Crippen LogP contribution >= 0.6 is 0 Å². The molecule has 0 saturated heterocycles. The van der Waals surface area contributed by atoms with Crippen molar-refractivity contribution in [2.75, 3.05) is 13.1 Å². The second-order valence-corrected chi connectivity index (χ2v) is 4.85. The third kappa shape index (κ3) is 5.33. The maximum Gasteiger partial charge on any atom is 0.231 e. The van der Waals surface area contributed by atoms with Crippen LogP contribution in [0.15, 0.2) is 12.7 Å². The van der Waals surface area contributed by atoms with Gasteiger partial charge in [-0.15, -0.1) is 6.58 Å². The quantitative estimate of drug-likeness (QED) is 0.623. The van der Waals surface area contributed by atoms with Crippen molar-refractivity contribution in [2.24, 2.45) is 5.73 Å². The molecule has 0 aliphatic heterocycles. The first kappa shape index (κ1) is 14.2. The van der Waals surface area contributed by atoms with Crippen LogP contribution in [-0.2, 0) is 4.79 Å². The lowest BCUT2D eigenvalue weighted by atomic mass is 10.1. The van der Waals surface area contributed by atoms with Gasteiger partial charge in [0.2, 0.25) is 5.91 Å². The van der Waals surface area contributed by atoms with Gasteiger partial charge in [0.1, 0.15) is 0 Å². The number of aliphatic hydroxyl groups excluding tert-OH is 1. The van der Waals surface area contributed by atoms with Gasteiger partial charge in [0.05, 0.1) is 12.6 Å². The molecular formula is C13H24N2O2. The van der Waals surface area contributed by atoms with Gasteiger partial charge in [0.15, 0.2) is 0 Å². The molecule has 0 spiro atoms. The Morgan fingerprint density at radius 2 is 2.18 bits per heavy atom. The molecule has 0 aromatic rings. The summed E-state index contributed by atoms with van der Waals surface area (Å²) in [6, 6.07) is 0.417. The Morgan fingerprint density at radius 3 is 2.71 bits per heavy atom. The van der Waals surface area contributed by atoms with E-state index in [1.54, 1.807) is 6.08 Å². The minimum absolute atomic E-state index is 0.260. The maximum atomic E-state index is 11.0. The first-order chi connectivity index (χ1) is 8.13. The number of hydrogen-bond donors (Lipinski definition) is 2. The topological polar surface area (TPSA) is 66.6 Å². The fourth-order valence-electron chi connectivity index (χ4n) is 2.48. The molecule has 1 amide bonds. The number of allylic oxidation sites excluding steroid dienone is 1. The van der Waals surface area contributed by atoms with Crippen molar-refractivity contribution in [3.8, 4) is 0 Å². The zero-order valence-corrected chi connectivity index (χ0v) is 10.5. The number of amides is 1. The fourth-order valence-corrected chi connectivity index (χ4v) is 2.48. The molecule has 98 valence electrons. The number of carbonyl (C=O) groups excluding carboxylic acids is 1. The molecule has 1 saturated carbocycles. The Hall–Kier alpha value is -0.870. The Balaban J connectivity index is 2.44. The summed E-state index contributed by atoms with van der Waals surface area (Å²) < 4.78 is 0. The summed E-state index contributed by atoms with van der Waals surface area (Å²) in [5.74, 6) is -0.312. The van der Waals surface area contributed by atoms with Crippen LogP contribution in [0.2, 0.25) is 0 Å². The van der Waals surface area contributed by atoms with E-state index in [-0.39, 0.29) is 12.5 Å². The average Bonchev–Trinajstić information content (AvgIpc) is 2.78. The standard InChI is InChI=1S/C13H24N2O2/c1-2-3-8-12(16)9-15(10-13(14)17)11-6-4-5-7-11/h2,11-12,16H,1,3-10H2,(H2,14,17). The summed E-state index contributed by atoms with van der Waals surface area (Å²) in [6.07, 6.45) is 7.56. The summed E-state index contributed by atoms with van der Waals surface area (Å²) >= 11 is 0. The van der Waals surface area contributed by atoms with Crippen LogP contribution in [0.1, 0.15) is 38.5 Å². The second kappa shape index (κ2) is 7.45. The number of nitrogens with two attached hydrogens (primary N) is 1. The highest BCUT2D eigenvalue weighted by molar-refractivity contribution is 5.75. The van der Waals surface area contributed by atoms with Crippen LogP contribution in [0.25, 0.3) is 0 Å². The van der Waals surface area contributed by atoms with E-state index in [2.05, 4.69) is 6.58 Å². The Morgan fingerprint density at radius 1 is 1.53 bits per heavy atom. The van der Waals surface area contributed by atoms with Crippen molar-refractivity contribution in [3.05, 3.63) is 12.7 Å². The lowest BCUT2D eigenvalue weighted by Crippen LogP contribution is -2.44. The normalized spacial score (nSPS) is 18.5. The van der Waals surface area contributed by atoms with Gasteiger partial charge in [0.25, 0.3) is 0 Å². The smallest absolute Gasteiger partial charge is 0.231 e. The fraction of sp³-hybridized carbons (Fsp3) is 0.769. The van der Waals surface area contributed by atoms with Crippen LogP contribution < -0.4 is 5.73 Å². The molecule has 4 nitrogen and oxygen atoms in total. The van der Waals surface area contributed by atoms with Crippen molar-refractivity contribution < 1.29 is 9.90 Å². The predicted octanol–water partition coefficient (Wildman–Crippen LogP) is 1.04. The minimum atomic E-state index is -0.395. The van der Waals surface area contributed by atoms with Gasteiger partial charge < -0.3 is 10.8 Å². The van der Waals surface area contributed by atoms with Crippen LogP contribution in [0.5, 0.6) is 0 Å². The van der Waals surface area contributed by atoms with E-state index in [4.69, 9.17) is 5.73 Å². The summed E-state index contributed by atoms with van der Waals surface area (Å²) in [5, 5.41) is 9.88. The van der Waals surface area contributed by atoms with Gasteiger partial charge in [-0.05, 0) is 25.7 Å². The minimum Gasteiger partial charge on any atom is -0.392 e. The van der Waals surface area contributed by atoms with E-state index in [1.165, 1.54) is 12.8 Å².